The molecule has 3 aromatic carbocycles. The normalized spacial score (nSPS) is 10.9. The zero-order chi connectivity index (χ0) is 22.8. The number of carboxylic acids is 1. The second-order valence-corrected chi connectivity index (χ2v) is 8.99. The van der Waals surface area contributed by atoms with Crippen LogP contribution in [0.15, 0.2) is 81.7 Å². The summed E-state index contributed by atoms with van der Waals surface area (Å²) in [5.74, 6) is -0.644. The van der Waals surface area contributed by atoms with Crippen molar-refractivity contribution >= 4 is 37.8 Å². The summed E-state index contributed by atoms with van der Waals surface area (Å²) in [6.07, 6.45) is 0. The highest BCUT2D eigenvalue weighted by atomic mass is 79.9. The maximum Gasteiger partial charge on any atom is 0.335 e. The van der Waals surface area contributed by atoms with E-state index in [1.807, 2.05) is 47.9 Å². The van der Waals surface area contributed by atoms with Crippen LogP contribution in [0.5, 0.6) is 5.75 Å². The van der Waals surface area contributed by atoms with Gasteiger partial charge in [-0.05, 0) is 67.6 Å². The van der Waals surface area contributed by atoms with Gasteiger partial charge >= 0.3 is 5.97 Å². The van der Waals surface area contributed by atoms with Crippen molar-refractivity contribution in [3.63, 3.8) is 0 Å². The SMILES string of the molecule is Cc1ccc(-c2cc(Br)ccc2OCc2ccc(F)cc2Br)n1-c1cccc(C(=O)O)c1. The zero-order valence-corrected chi connectivity index (χ0v) is 20.2. The molecule has 0 saturated carbocycles. The van der Waals surface area contributed by atoms with Crippen LogP contribution in [0.3, 0.4) is 0 Å². The molecule has 0 aliphatic carbocycles. The molecule has 0 spiro atoms. The molecule has 1 heterocycles. The van der Waals surface area contributed by atoms with Crippen molar-refractivity contribution in [2.24, 2.45) is 0 Å². The van der Waals surface area contributed by atoms with Crippen molar-refractivity contribution < 1.29 is 19.0 Å². The quantitative estimate of drug-likeness (QED) is 0.268. The molecule has 4 aromatic rings. The van der Waals surface area contributed by atoms with E-state index in [1.165, 1.54) is 12.1 Å². The summed E-state index contributed by atoms with van der Waals surface area (Å²) in [5, 5.41) is 9.40. The molecular formula is C25H18Br2FNO3. The van der Waals surface area contributed by atoms with E-state index in [2.05, 4.69) is 31.9 Å². The molecule has 0 atom stereocenters. The van der Waals surface area contributed by atoms with Gasteiger partial charge in [0.2, 0.25) is 0 Å². The second-order valence-electron chi connectivity index (χ2n) is 7.22. The van der Waals surface area contributed by atoms with Gasteiger partial charge in [-0.3, -0.25) is 0 Å². The predicted octanol–water partition coefficient (Wildman–Crippen LogP) is 7.39. The van der Waals surface area contributed by atoms with Crippen LogP contribution >= 0.6 is 31.9 Å². The summed E-state index contributed by atoms with van der Waals surface area (Å²) in [6, 6.07) is 21.0. The largest absolute Gasteiger partial charge is 0.488 e. The van der Waals surface area contributed by atoms with E-state index >= 15 is 0 Å². The van der Waals surface area contributed by atoms with Crippen molar-refractivity contribution in [3.8, 4) is 22.7 Å². The summed E-state index contributed by atoms with van der Waals surface area (Å²) in [6.45, 7) is 2.22. The first-order chi connectivity index (χ1) is 15.3. The van der Waals surface area contributed by atoms with E-state index in [0.29, 0.717) is 10.2 Å². The summed E-state index contributed by atoms with van der Waals surface area (Å²) >= 11 is 6.92. The number of aryl methyl sites for hydroxylation is 1. The van der Waals surface area contributed by atoms with Crippen LogP contribution in [0.2, 0.25) is 0 Å². The number of aromatic nitrogens is 1. The highest BCUT2D eigenvalue weighted by Gasteiger charge is 2.16. The van der Waals surface area contributed by atoms with Gasteiger partial charge in [0.05, 0.1) is 11.3 Å². The maximum atomic E-state index is 13.4. The maximum absolute atomic E-state index is 13.4. The van der Waals surface area contributed by atoms with Gasteiger partial charge in [-0.15, -0.1) is 0 Å². The molecule has 0 aliphatic heterocycles. The Kier molecular flexibility index (Phi) is 6.48. The molecule has 32 heavy (non-hydrogen) atoms. The van der Waals surface area contributed by atoms with Crippen LogP contribution in [0.4, 0.5) is 4.39 Å². The first kappa shape index (κ1) is 22.3. The lowest BCUT2D eigenvalue weighted by molar-refractivity contribution is 0.0697. The molecular weight excluding hydrogens is 541 g/mol. The van der Waals surface area contributed by atoms with Gasteiger partial charge in [-0.25, -0.2) is 9.18 Å². The lowest BCUT2D eigenvalue weighted by atomic mass is 10.1. The number of benzene rings is 3. The van der Waals surface area contributed by atoms with Gasteiger partial charge in [0.15, 0.2) is 0 Å². The van der Waals surface area contributed by atoms with Crippen LogP contribution in [-0.4, -0.2) is 15.6 Å². The molecule has 7 heteroatoms. The Bertz CT molecular complexity index is 1320. The number of halogens is 3. The molecule has 0 bridgehead atoms. The van der Waals surface area contributed by atoms with Crippen LogP contribution in [0.1, 0.15) is 21.6 Å². The summed E-state index contributed by atoms with van der Waals surface area (Å²) < 4.78 is 23.1. The Morgan fingerprint density at radius 2 is 1.84 bits per heavy atom. The molecule has 0 unspecified atom stereocenters. The number of nitrogens with zero attached hydrogens (tertiary/aromatic N) is 1. The fourth-order valence-corrected chi connectivity index (χ4v) is 4.32. The second kappa shape index (κ2) is 9.30. The molecule has 0 aliphatic rings. The predicted molar refractivity (Wildman–Crippen MR) is 129 cm³/mol. The zero-order valence-electron chi connectivity index (χ0n) is 17.0. The van der Waals surface area contributed by atoms with E-state index in [1.54, 1.807) is 24.3 Å². The first-order valence-corrected chi connectivity index (χ1v) is 11.3. The Balaban J connectivity index is 1.76. The Morgan fingerprint density at radius 1 is 1.03 bits per heavy atom. The number of ether oxygens (including phenoxy) is 1. The Hall–Kier alpha value is -2.90. The summed E-state index contributed by atoms with van der Waals surface area (Å²) in [7, 11) is 0. The number of carboxylic acid groups (broad SMARTS) is 1. The van der Waals surface area contributed by atoms with Gasteiger partial charge in [0.1, 0.15) is 18.2 Å². The van der Waals surface area contributed by atoms with Gasteiger partial charge < -0.3 is 14.4 Å². The van der Waals surface area contributed by atoms with Crippen LogP contribution in [0, 0.1) is 12.7 Å². The molecule has 162 valence electrons. The summed E-state index contributed by atoms with van der Waals surface area (Å²) in [5.41, 5.74) is 4.43. The third-order valence-electron chi connectivity index (χ3n) is 5.04. The first-order valence-electron chi connectivity index (χ1n) is 9.72. The van der Waals surface area contributed by atoms with Crippen molar-refractivity contribution in [1.29, 1.82) is 0 Å². The Morgan fingerprint density at radius 3 is 2.59 bits per heavy atom. The average molecular weight is 559 g/mol. The third-order valence-corrected chi connectivity index (χ3v) is 6.27. The molecule has 0 amide bonds. The van der Waals surface area contributed by atoms with Gasteiger partial charge in [0, 0.05) is 31.5 Å². The van der Waals surface area contributed by atoms with Crippen LogP contribution in [0.25, 0.3) is 16.9 Å². The van der Waals surface area contributed by atoms with Crippen molar-refractivity contribution in [2.75, 3.05) is 0 Å². The number of rotatable bonds is 6. The minimum Gasteiger partial charge on any atom is -0.488 e. The van der Waals surface area contributed by atoms with Crippen molar-refractivity contribution in [1.82, 2.24) is 4.57 Å². The van der Waals surface area contributed by atoms with Crippen LogP contribution < -0.4 is 4.74 Å². The lowest BCUT2D eigenvalue weighted by Gasteiger charge is -2.17. The topological polar surface area (TPSA) is 51.5 Å². The van der Waals surface area contributed by atoms with E-state index in [-0.39, 0.29) is 18.0 Å². The molecule has 4 rings (SSSR count). The van der Waals surface area contributed by atoms with Crippen molar-refractivity contribution in [2.45, 2.75) is 13.5 Å². The molecule has 0 radical (unpaired) electrons. The fraction of sp³-hybridized carbons (Fsp3) is 0.0800. The van der Waals surface area contributed by atoms with Crippen LogP contribution in [-0.2, 0) is 6.61 Å². The average Bonchev–Trinajstić information content (AvgIpc) is 3.15. The Labute approximate surface area is 201 Å². The number of aromatic carboxylic acids is 1. The molecule has 1 N–H and O–H groups in total. The molecule has 4 nitrogen and oxygen atoms in total. The molecule has 0 fully saturated rings. The summed E-state index contributed by atoms with van der Waals surface area (Å²) in [4.78, 5) is 11.5. The van der Waals surface area contributed by atoms with E-state index in [0.717, 1.165) is 32.7 Å². The van der Waals surface area contributed by atoms with E-state index < -0.39 is 5.97 Å². The van der Waals surface area contributed by atoms with Crippen molar-refractivity contribution in [3.05, 3.63) is 104 Å². The third kappa shape index (κ3) is 4.64. The minimum absolute atomic E-state index is 0.216. The monoisotopic (exact) mass is 557 g/mol. The number of hydrogen-bond donors (Lipinski definition) is 1. The van der Waals surface area contributed by atoms with Gasteiger partial charge in [-0.1, -0.05) is 44.0 Å². The molecule has 0 saturated heterocycles. The van der Waals surface area contributed by atoms with E-state index in [9.17, 15) is 14.3 Å². The van der Waals surface area contributed by atoms with E-state index in [4.69, 9.17) is 4.74 Å². The number of hydrogen-bond acceptors (Lipinski definition) is 2. The smallest absolute Gasteiger partial charge is 0.335 e. The fourth-order valence-electron chi connectivity index (χ4n) is 3.49. The van der Waals surface area contributed by atoms with Gasteiger partial charge in [0.25, 0.3) is 0 Å². The highest BCUT2D eigenvalue weighted by molar-refractivity contribution is 9.10. The minimum atomic E-state index is -0.977. The van der Waals surface area contributed by atoms with Gasteiger partial charge in [-0.2, -0.15) is 0 Å². The standard InChI is InChI=1S/C25H18Br2FNO3/c1-15-5-9-23(29(15)20-4-2-3-16(11-20)25(30)31)21-12-18(26)7-10-24(21)32-14-17-6-8-19(28)13-22(17)27/h2-13H,14H2,1H3,(H,30,31). The highest BCUT2D eigenvalue weighted by Crippen LogP contribution is 2.36. The number of carbonyl (C=O) groups is 1. The lowest BCUT2D eigenvalue weighted by Crippen LogP contribution is -2.04. The molecule has 1 aromatic heterocycles.